The van der Waals surface area contributed by atoms with E-state index in [1.54, 1.807) is 23.8 Å². The molecule has 5 rings (SSSR count). The molecular weight excluding hydrogens is 491 g/mol. The van der Waals surface area contributed by atoms with Gasteiger partial charge in [0, 0.05) is 29.8 Å². The van der Waals surface area contributed by atoms with Crippen molar-refractivity contribution in [3.05, 3.63) is 60.3 Å². The summed E-state index contributed by atoms with van der Waals surface area (Å²) in [6.45, 7) is 0. The maximum atomic E-state index is 14.2. The van der Waals surface area contributed by atoms with E-state index in [9.17, 15) is 22.8 Å². The molecule has 7 nitrogen and oxygen atoms in total. The molecule has 2 heterocycles. The minimum Gasteiger partial charge on any atom is -0.344 e. The average molecular weight is 508 g/mol. The Labute approximate surface area is 201 Å². The molecule has 3 aromatic rings. The van der Waals surface area contributed by atoms with Gasteiger partial charge in [-0.1, -0.05) is 23.7 Å². The first-order chi connectivity index (χ1) is 16.3. The van der Waals surface area contributed by atoms with E-state index in [2.05, 4.69) is 20.3 Å². The number of amides is 2. The van der Waals surface area contributed by atoms with Crippen LogP contribution in [0.25, 0.3) is 10.4 Å². The Bertz CT molecular complexity index is 1200. The number of benzene rings is 1. The summed E-state index contributed by atoms with van der Waals surface area (Å²) in [7, 11) is 0. The Morgan fingerprint density at radius 2 is 1.79 bits per heavy atom. The fraction of sp³-hybridized carbons (Fsp3) is 0.318. The number of halogens is 4. The zero-order valence-electron chi connectivity index (χ0n) is 17.4. The molecule has 2 amide bonds. The van der Waals surface area contributed by atoms with Gasteiger partial charge in [-0.25, -0.2) is 23.1 Å². The summed E-state index contributed by atoms with van der Waals surface area (Å²) in [4.78, 5) is 39.7. The Hall–Kier alpha value is -3.05. The summed E-state index contributed by atoms with van der Waals surface area (Å²) < 4.78 is 42.6. The third-order valence-electron chi connectivity index (χ3n) is 6.26. The van der Waals surface area contributed by atoms with E-state index in [4.69, 9.17) is 11.6 Å². The SMILES string of the molecule is O=C(NC1C(F)(F)C12CC2)C(c1cncnc1)N(C(=O)C(F)Cl)c1ccc(-c2cncs2)cc1. The second-order valence-corrected chi connectivity index (χ2v) is 9.49. The van der Waals surface area contributed by atoms with Crippen molar-refractivity contribution in [3.63, 3.8) is 0 Å². The number of nitrogens with zero attached hydrogens (tertiary/aromatic N) is 4. The molecular formula is C22H17ClF3N5O2S. The normalized spacial score (nSPS) is 20.9. The number of carbonyl (C=O) groups excluding carboxylic acids is 2. The van der Waals surface area contributed by atoms with Crippen molar-refractivity contribution < 1.29 is 22.8 Å². The van der Waals surface area contributed by atoms with Gasteiger partial charge in [-0.15, -0.1) is 11.3 Å². The first-order valence-corrected chi connectivity index (χ1v) is 11.6. The van der Waals surface area contributed by atoms with Gasteiger partial charge in [0.2, 0.25) is 5.91 Å². The summed E-state index contributed by atoms with van der Waals surface area (Å²) in [5.41, 5.74) is -0.978. The van der Waals surface area contributed by atoms with E-state index in [-0.39, 0.29) is 11.3 Å². The maximum absolute atomic E-state index is 14.2. The summed E-state index contributed by atoms with van der Waals surface area (Å²) in [5.74, 6) is -5.15. The van der Waals surface area contributed by atoms with Crippen molar-refractivity contribution in [1.82, 2.24) is 20.3 Å². The van der Waals surface area contributed by atoms with Crippen LogP contribution in [0.3, 0.4) is 0 Å². The molecule has 2 aliphatic carbocycles. The number of rotatable bonds is 7. The fourth-order valence-corrected chi connectivity index (χ4v) is 4.97. The Morgan fingerprint density at radius 3 is 2.32 bits per heavy atom. The molecule has 176 valence electrons. The van der Waals surface area contributed by atoms with Crippen LogP contribution in [0.5, 0.6) is 0 Å². The highest BCUT2D eigenvalue weighted by Gasteiger charge is 2.87. The van der Waals surface area contributed by atoms with Crippen molar-refractivity contribution in [3.8, 4) is 10.4 Å². The van der Waals surface area contributed by atoms with Crippen LogP contribution in [0.4, 0.5) is 18.9 Å². The summed E-state index contributed by atoms with van der Waals surface area (Å²) in [6.07, 6.45) is 6.02. The van der Waals surface area contributed by atoms with E-state index in [1.165, 1.54) is 42.2 Å². The van der Waals surface area contributed by atoms with Crippen LogP contribution in [0.15, 0.2) is 54.7 Å². The number of anilines is 1. The molecule has 2 fully saturated rings. The van der Waals surface area contributed by atoms with Crippen LogP contribution < -0.4 is 10.2 Å². The van der Waals surface area contributed by atoms with E-state index in [1.807, 2.05) is 0 Å². The highest BCUT2D eigenvalue weighted by Crippen LogP contribution is 2.75. The van der Waals surface area contributed by atoms with E-state index < -0.39 is 40.9 Å². The molecule has 2 aliphatic rings. The zero-order valence-corrected chi connectivity index (χ0v) is 18.9. The van der Waals surface area contributed by atoms with Gasteiger partial charge < -0.3 is 5.32 Å². The van der Waals surface area contributed by atoms with Gasteiger partial charge in [-0.2, -0.15) is 0 Å². The lowest BCUT2D eigenvalue weighted by Gasteiger charge is -2.31. The molecule has 2 aromatic heterocycles. The van der Waals surface area contributed by atoms with Crippen LogP contribution >= 0.6 is 22.9 Å². The van der Waals surface area contributed by atoms with Gasteiger partial charge >= 0.3 is 0 Å². The average Bonchev–Trinajstić information content (AvgIpc) is 3.60. The molecule has 1 N–H and O–H groups in total. The smallest absolute Gasteiger partial charge is 0.278 e. The standard InChI is InChI=1S/C22H17ClF3N5O2S/c23-17(24)19(33)31(14-3-1-12(2-4-14)15-9-29-11-34-15)16(13-7-27-10-28-8-13)18(32)30-20-21(5-6-21)22(20,25)26/h1-4,7-11,16-17,20H,5-6H2,(H,30,32). The predicted octanol–water partition coefficient (Wildman–Crippen LogP) is 4.12. The molecule has 0 bridgehead atoms. The molecule has 12 heteroatoms. The van der Waals surface area contributed by atoms with Crippen molar-refractivity contribution in [2.24, 2.45) is 5.41 Å². The fourth-order valence-electron chi connectivity index (χ4n) is 4.24. The molecule has 1 spiro atoms. The van der Waals surface area contributed by atoms with Gasteiger partial charge in [-0.05, 0) is 30.5 Å². The highest BCUT2D eigenvalue weighted by molar-refractivity contribution is 7.13. The molecule has 0 aliphatic heterocycles. The third kappa shape index (κ3) is 3.72. The third-order valence-corrected chi connectivity index (χ3v) is 7.27. The molecule has 0 radical (unpaired) electrons. The molecule has 3 unspecified atom stereocenters. The van der Waals surface area contributed by atoms with Gasteiger partial charge in [-0.3, -0.25) is 19.5 Å². The zero-order chi connectivity index (χ0) is 24.1. The van der Waals surface area contributed by atoms with Crippen LogP contribution in [0.1, 0.15) is 24.4 Å². The topological polar surface area (TPSA) is 88.1 Å². The van der Waals surface area contributed by atoms with Gasteiger partial charge in [0.05, 0.1) is 15.8 Å². The first-order valence-electron chi connectivity index (χ1n) is 10.3. The number of hydrogen-bond donors (Lipinski definition) is 1. The summed E-state index contributed by atoms with van der Waals surface area (Å²) >= 11 is 6.90. The summed E-state index contributed by atoms with van der Waals surface area (Å²) in [6, 6.07) is 3.52. The number of thiazole rings is 1. The Balaban J connectivity index is 1.52. The minimum absolute atomic E-state index is 0.117. The van der Waals surface area contributed by atoms with Crippen LogP contribution in [-0.4, -0.2) is 44.4 Å². The molecule has 0 saturated heterocycles. The quantitative estimate of drug-likeness (QED) is 0.486. The lowest BCUT2D eigenvalue weighted by Crippen LogP contribution is -2.47. The Morgan fingerprint density at radius 1 is 1.12 bits per heavy atom. The lowest BCUT2D eigenvalue weighted by atomic mass is 10.1. The van der Waals surface area contributed by atoms with Crippen LogP contribution in [-0.2, 0) is 9.59 Å². The molecule has 3 atom stereocenters. The maximum Gasteiger partial charge on any atom is 0.278 e. The van der Waals surface area contributed by atoms with Crippen LogP contribution in [0.2, 0.25) is 0 Å². The first kappa shape index (κ1) is 22.7. The van der Waals surface area contributed by atoms with Crippen LogP contribution in [0, 0.1) is 5.41 Å². The monoisotopic (exact) mass is 507 g/mol. The van der Waals surface area contributed by atoms with Gasteiger partial charge in [0.15, 0.2) is 0 Å². The highest BCUT2D eigenvalue weighted by atomic mass is 35.5. The van der Waals surface area contributed by atoms with Crippen molar-refractivity contribution in [2.75, 3.05) is 4.90 Å². The molecule has 2 saturated carbocycles. The van der Waals surface area contributed by atoms with E-state index >= 15 is 0 Å². The lowest BCUT2D eigenvalue weighted by molar-refractivity contribution is -0.128. The number of aromatic nitrogens is 3. The summed E-state index contributed by atoms with van der Waals surface area (Å²) in [5, 5.41) is 2.36. The number of carbonyl (C=O) groups is 2. The minimum atomic E-state index is -3.03. The molecule has 1 aromatic carbocycles. The number of hydrogen-bond acceptors (Lipinski definition) is 6. The predicted molar refractivity (Wildman–Crippen MR) is 119 cm³/mol. The van der Waals surface area contributed by atoms with E-state index in [0.717, 1.165) is 15.3 Å². The Kier molecular flexibility index (Phi) is 5.56. The van der Waals surface area contributed by atoms with Gasteiger partial charge in [0.1, 0.15) is 18.4 Å². The second-order valence-electron chi connectivity index (χ2n) is 8.22. The van der Waals surface area contributed by atoms with Crippen molar-refractivity contribution in [2.45, 2.75) is 36.5 Å². The number of nitrogens with one attached hydrogen (secondary N) is 1. The van der Waals surface area contributed by atoms with Gasteiger partial charge in [0.25, 0.3) is 17.5 Å². The molecule has 34 heavy (non-hydrogen) atoms. The van der Waals surface area contributed by atoms with Crippen molar-refractivity contribution in [1.29, 1.82) is 0 Å². The second kappa shape index (κ2) is 8.31. The largest absolute Gasteiger partial charge is 0.344 e. The number of alkyl halides is 4. The van der Waals surface area contributed by atoms with E-state index in [0.29, 0.717) is 12.8 Å². The van der Waals surface area contributed by atoms with Crippen molar-refractivity contribution >= 4 is 40.4 Å².